The summed E-state index contributed by atoms with van der Waals surface area (Å²) in [4.78, 5) is 0. The second-order valence-electron chi connectivity index (χ2n) is 8.31. The molecule has 0 aliphatic heterocycles. The van der Waals surface area contributed by atoms with Gasteiger partial charge in [-0.05, 0) is 40.6 Å². The summed E-state index contributed by atoms with van der Waals surface area (Å²) < 4.78 is 6.93. The van der Waals surface area contributed by atoms with Crippen LogP contribution in [0.25, 0.3) is 0 Å². The fourth-order valence-electron chi connectivity index (χ4n) is 4.20. The van der Waals surface area contributed by atoms with Crippen LogP contribution in [-0.4, -0.2) is 26.1 Å². The first-order valence-corrected chi connectivity index (χ1v) is 11.3. The average molecular weight is 355 g/mol. The lowest BCUT2D eigenvalue weighted by molar-refractivity contribution is 0.166. The van der Waals surface area contributed by atoms with E-state index < -0.39 is 8.32 Å². The number of hydrogen-bond acceptors (Lipinski definition) is 2. The summed E-state index contributed by atoms with van der Waals surface area (Å²) >= 11 is 0. The van der Waals surface area contributed by atoms with Crippen molar-refractivity contribution in [3.05, 3.63) is 60.7 Å². The molecule has 1 unspecified atom stereocenters. The second-order valence-corrected chi connectivity index (χ2v) is 12.6. The van der Waals surface area contributed by atoms with Gasteiger partial charge in [0.05, 0.1) is 6.10 Å². The maximum absolute atomic E-state index is 9.88. The van der Waals surface area contributed by atoms with Crippen molar-refractivity contribution in [2.45, 2.75) is 51.2 Å². The van der Waals surface area contributed by atoms with Crippen LogP contribution >= 0.6 is 0 Å². The van der Waals surface area contributed by atoms with E-state index in [1.807, 2.05) is 0 Å². The van der Waals surface area contributed by atoms with E-state index in [0.29, 0.717) is 5.92 Å². The van der Waals surface area contributed by atoms with Crippen molar-refractivity contribution in [1.82, 2.24) is 0 Å². The molecule has 1 aliphatic rings. The number of hydrogen-bond donors (Lipinski definition) is 1. The summed E-state index contributed by atoms with van der Waals surface area (Å²) in [7, 11) is -2.42. The maximum Gasteiger partial charge on any atom is 0.261 e. The van der Waals surface area contributed by atoms with Crippen LogP contribution in [0.4, 0.5) is 0 Å². The molecule has 1 aliphatic carbocycles. The Morgan fingerprint density at radius 2 is 1.44 bits per heavy atom. The number of aliphatic hydroxyl groups excluding tert-OH is 1. The normalized spacial score (nSPS) is 21.4. The minimum absolute atomic E-state index is 0.0208. The minimum atomic E-state index is -2.42. The van der Waals surface area contributed by atoms with Gasteiger partial charge in [0.1, 0.15) is 0 Å². The Labute approximate surface area is 153 Å². The average Bonchev–Trinajstić information content (AvgIpc) is 3.02. The summed E-state index contributed by atoms with van der Waals surface area (Å²) in [6.45, 7) is 7.67. The summed E-state index contributed by atoms with van der Waals surface area (Å²) in [6.07, 6.45) is 2.71. The molecule has 2 atom stereocenters. The van der Waals surface area contributed by atoms with Crippen molar-refractivity contribution in [3.63, 3.8) is 0 Å². The molecule has 3 rings (SSSR count). The number of rotatable bonds is 5. The summed E-state index contributed by atoms with van der Waals surface area (Å²) in [5.41, 5.74) is 0. The van der Waals surface area contributed by atoms with Crippen LogP contribution in [0, 0.1) is 5.92 Å². The smallest absolute Gasteiger partial charge is 0.261 e. The third-order valence-electron chi connectivity index (χ3n) is 5.47. The lowest BCUT2D eigenvalue weighted by Crippen LogP contribution is -2.66. The molecule has 0 amide bonds. The van der Waals surface area contributed by atoms with Gasteiger partial charge in [-0.3, -0.25) is 0 Å². The number of aliphatic hydroxyl groups is 1. The van der Waals surface area contributed by atoms with E-state index in [4.69, 9.17) is 4.43 Å². The van der Waals surface area contributed by atoms with Crippen molar-refractivity contribution in [3.8, 4) is 0 Å². The SMILES string of the molecule is CC(C)(C)[Si](OC[C@@H]1CCC(O)C1)(c1ccccc1)c1ccccc1. The lowest BCUT2D eigenvalue weighted by Gasteiger charge is -2.43. The predicted octanol–water partition coefficient (Wildman–Crippen LogP) is 3.72. The van der Waals surface area contributed by atoms with Gasteiger partial charge in [-0.25, -0.2) is 0 Å². The second kappa shape index (κ2) is 7.44. The van der Waals surface area contributed by atoms with Gasteiger partial charge >= 0.3 is 0 Å². The molecule has 1 saturated carbocycles. The molecule has 0 spiro atoms. The van der Waals surface area contributed by atoms with Crippen molar-refractivity contribution in [1.29, 1.82) is 0 Å². The molecule has 0 aromatic heterocycles. The Hall–Kier alpha value is -1.42. The van der Waals surface area contributed by atoms with Crippen LogP contribution in [0.2, 0.25) is 5.04 Å². The van der Waals surface area contributed by atoms with Crippen LogP contribution in [0.15, 0.2) is 60.7 Å². The fourth-order valence-corrected chi connectivity index (χ4v) is 8.85. The summed E-state index contributed by atoms with van der Waals surface area (Å²) in [5.74, 6) is 0.469. The molecule has 3 heteroatoms. The summed E-state index contributed by atoms with van der Waals surface area (Å²) in [6, 6.07) is 21.5. The first-order valence-electron chi connectivity index (χ1n) is 9.36. The van der Waals surface area contributed by atoms with Crippen molar-refractivity contribution in [2.75, 3.05) is 6.61 Å². The standard InChI is InChI=1S/C22H30O2Si/c1-22(2,3)25(20-10-6-4-7-11-20,21-12-8-5-9-13-21)24-17-18-14-15-19(23)16-18/h4-13,18-19,23H,14-17H2,1-3H3/t18-,19?/m1/s1. The van der Waals surface area contributed by atoms with Crippen LogP contribution in [-0.2, 0) is 4.43 Å². The number of benzene rings is 2. The Morgan fingerprint density at radius 1 is 0.920 bits per heavy atom. The molecule has 0 bridgehead atoms. The molecule has 2 nitrogen and oxygen atoms in total. The molecule has 0 saturated heterocycles. The molecule has 25 heavy (non-hydrogen) atoms. The van der Waals surface area contributed by atoms with E-state index in [0.717, 1.165) is 25.9 Å². The highest BCUT2D eigenvalue weighted by atomic mass is 28.4. The van der Waals surface area contributed by atoms with E-state index in [9.17, 15) is 5.11 Å². The monoisotopic (exact) mass is 354 g/mol. The van der Waals surface area contributed by atoms with Gasteiger partial charge in [0.15, 0.2) is 0 Å². The van der Waals surface area contributed by atoms with Gasteiger partial charge in [0.2, 0.25) is 0 Å². The Bertz CT molecular complexity index is 624. The molecular weight excluding hydrogens is 324 g/mol. The fraction of sp³-hybridized carbons (Fsp3) is 0.455. The highest BCUT2D eigenvalue weighted by Gasteiger charge is 2.50. The third-order valence-corrected chi connectivity index (χ3v) is 10.5. The van der Waals surface area contributed by atoms with E-state index in [2.05, 4.69) is 81.4 Å². The largest absolute Gasteiger partial charge is 0.407 e. The first-order chi connectivity index (χ1) is 11.9. The highest BCUT2D eigenvalue weighted by molar-refractivity contribution is 6.99. The molecule has 134 valence electrons. The van der Waals surface area contributed by atoms with Crippen LogP contribution < -0.4 is 10.4 Å². The molecule has 1 N–H and O–H groups in total. The topological polar surface area (TPSA) is 29.5 Å². The van der Waals surface area contributed by atoms with Gasteiger partial charge < -0.3 is 9.53 Å². The molecule has 0 radical (unpaired) electrons. The Kier molecular flexibility index (Phi) is 5.47. The first kappa shape index (κ1) is 18.4. The van der Waals surface area contributed by atoms with Crippen molar-refractivity contribution < 1.29 is 9.53 Å². The van der Waals surface area contributed by atoms with Crippen LogP contribution in [0.3, 0.4) is 0 Å². The minimum Gasteiger partial charge on any atom is -0.407 e. The predicted molar refractivity (Wildman–Crippen MR) is 107 cm³/mol. The Morgan fingerprint density at radius 3 is 1.84 bits per heavy atom. The quantitative estimate of drug-likeness (QED) is 0.829. The lowest BCUT2D eigenvalue weighted by atomic mass is 10.1. The molecule has 2 aromatic rings. The van der Waals surface area contributed by atoms with E-state index in [1.54, 1.807) is 0 Å². The van der Waals surface area contributed by atoms with Gasteiger partial charge in [0.25, 0.3) is 8.32 Å². The van der Waals surface area contributed by atoms with Crippen LogP contribution in [0.1, 0.15) is 40.0 Å². The van der Waals surface area contributed by atoms with Crippen molar-refractivity contribution >= 4 is 18.7 Å². The van der Waals surface area contributed by atoms with Crippen molar-refractivity contribution in [2.24, 2.45) is 5.92 Å². The van der Waals surface area contributed by atoms with E-state index in [-0.39, 0.29) is 11.1 Å². The highest BCUT2D eigenvalue weighted by Crippen LogP contribution is 2.38. The molecular formula is C22H30O2Si. The maximum atomic E-state index is 9.88. The van der Waals surface area contributed by atoms with Gasteiger partial charge in [-0.15, -0.1) is 0 Å². The van der Waals surface area contributed by atoms with Crippen LogP contribution in [0.5, 0.6) is 0 Å². The zero-order valence-corrected chi connectivity index (χ0v) is 16.6. The van der Waals surface area contributed by atoms with Gasteiger partial charge in [-0.2, -0.15) is 0 Å². The third kappa shape index (κ3) is 3.74. The molecule has 1 fully saturated rings. The summed E-state index contributed by atoms with van der Waals surface area (Å²) in [5, 5.41) is 12.6. The zero-order chi connectivity index (χ0) is 17.9. The van der Waals surface area contributed by atoms with Gasteiger partial charge in [-0.1, -0.05) is 81.4 Å². The molecule has 0 heterocycles. The van der Waals surface area contributed by atoms with E-state index >= 15 is 0 Å². The zero-order valence-electron chi connectivity index (χ0n) is 15.6. The Balaban J connectivity index is 2.02. The van der Waals surface area contributed by atoms with E-state index in [1.165, 1.54) is 10.4 Å². The molecule has 2 aromatic carbocycles. The van der Waals surface area contributed by atoms with Gasteiger partial charge in [0, 0.05) is 6.61 Å².